The van der Waals surface area contributed by atoms with E-state index in [0.29, 0.717) is 17.1 Å². The molecular formula is C15H21ClN2O3. The van der Waals surface area contributed by atoms with Crippen molar-refractivity contribution in [1.29, 1.82) is 0 Å². The van der Waals surface area contributed by atoms with Crippen molar-refractivity contribution < 1.29 is 14.7 Å². The molecule has 1 aromatic carbocycles. The Morgan fingerprint density at radius 1 is 1.29 bits per heavy atom. The lowest BCUT2D eigenvalue weighted by atomic mass is 10.2. The number of hydrogen-bond donors (Lipinski definition) is 2. The van der Waals surface area contributed by atoms with Gasteiger partial charge in [0.1, 0.15) is 0 Å². The van der Waals surface area contributed by atoms with Crippen LogP contribution in [0.25, 0.3) is 0 Å². The van der Waals surface area contributed by atoms with E-state index in [9.17, 15) is 9.59 Å². The maximum Gasteiger partial charge on any atom is 0.251 e. The van der Waals surface area contributed by atoms with E-state index in [-0.39, 0.29) is 25.0 Å². The Morgan fingerprint density at radius 3 is 2.71 bits per heavy atom. The third kappa shape index (κ3) is 6.60. The average molecular weight is 313 g/mol. The number of carbonyl (C=O) groups is 2. The average Bonchev–Trinajstić information content (AvgIpc) is 2.48. The van der Waals surface area contributed by atoms with Gasteiger partial charge < -0.3 is 15.3 Å². The Bertz CT molecular complexity index is 480. The lowest BCUT2D eigenvalue weighted by Crippen LogP contribution is -2.38. The lowest BCUT2D eigenvalue weighted by molar-refractivity contribution is -0.128. The number of amides is 2. The number of unbranched alkanes of at least 4 members (excludes halogenated alkanes) is 2. The Balaban J connectivity index is 2.33. The summed E-state index contributed by atoms with van der Waals surface area (Å²) in [7, 11) is 1.70. The first-order valence-corrected chi connectivity index (χ1v) is 7.31. The molecule has 0 aliphatic carbocycles. The fraction of sp³-hybridized carbons (Fsp3) is 0.467. The summed E-state index contributed by atoms with van der Waals surface area (Å²) in [5.41, 5.74) is 0.431. The van der Waals surface area contributed by atoms with Crippen LogP contribution in [0.5, 0.6) is 0 Å². The highest BCUT2D eigenvalue weighted by molar-refractivity contribution is 6.30. The molecule has 2 amide bonds. The summed E-state index contributed by atoms with van der Waals surface area (Å²) in [6, 6.07) is 6.57. The Kier molecular flexibility index (Phi) is 7.79. The molecular weight excluding hydrogens is 292 g/mol. The van der Waals surface area contributed by atoms with E-state index in [0.717, 1.165) is 19.3 Å². The van der Waals surface area contributed by atoms with Gasteiger partial charge in [0, 0.05) is 30.8 Å². The molecule has 21 heavy (non-hydrogen) atoms. The number of carbonyl (C=O) groups excluding carboxylic acids is 2. The molecule has 0 spiro atoms. The zero-order valence-corrected chi connectivity index (χ0v) is 12.9. The van der Waals surface area contributed by atoms with Gasteiger partial charge in [-0.05, 0) is 37.5 Å². The zero-order valence-electron chi connectivity index (χ0n) is 12.1. The molecule has 0 heterocycles. The van der Waals surface area contributed by atoms with Crippen molar-refractivity contribution in [1.82, 2.24) is 10.2 Å². The number of nitrogens with one attached hydrogen (secondary N) is 1. The fourth-order valence-electron chi connectivity index (χ4n) is 1.78. The molecule has 0 fully saturated rings. The Morgan fingerprint density at radius 2 is 2.05 bits per heavy atom. The first kappa shape index (κ1) is 17.5. The van der Waals surface area contributed by atoms with Gasteiger partial charge in [-0.2, -0.15) is 0 Å². The van der Waals surface area contributed by atoms with Crippen LogP contribution in [-0.2, 0) is 4.79 Å². The third-order valence-corrected chi connectivity index (χ3v) is 3.30. The normalized spacial score (nSPS) is 10.2. The predicted molar refractivity (Wildman–Crippen MR) is 82.4 cm³/mol. The minimum Gasteiger partial charge on any atom is -0.396 e. The van der Waals surface area contributed by atoms with Crippen molar-refractivity contribution >= 4 is 23.4 Å². The van der Waals surface area contributed by atoms with Crippen molar-refractivity contribution in [3.63, 3.8) is 0 Å². The first-order valence-electron chi connectivity index (χ1n) is 6.93. The maximum absolute atomic E-state index is 11.9. The summed E-state index contributed by atoms with van der Waals surface area (Å²) >= 11 is 5.81. The van der Waals surface area contributed by atoms with Crippen molar-refractivity contribution in [3.8, 4) is 0 Å². The van der Waals surface area contributed by atoms with Crippen molar-refractivity contribution in [2.45, 2.75) is 19.3 Å². The summed E-state index contributed by atoms with van der Waals surface area (Å²) < 4.78 is 0. The van der Waals surface area contributed by atoms with Gasteiger partial charge in [0.15, 0.2) is 0 Å². The molecule has 2 N–H and O–H groups in total. The van der Waals surface area contributed by atoms with Crippen molar-refractivity contribution in [3.05, 3.63) is 34.9 Å². The van der Waals surface area contributed by atoms with Gasteiger partial charge in [-0.1, -0.05) is 17.7 Å². The predicted octanol–water partition coefficient (Wildman–Crippen LogP) is 1.69. The molecule has 6 heteroatoms. The summed E-state index contributed by atoms with van der Waals surface area (Å²) in [5.74, 6) is -0.464. The molecule has 0 radical (unpaired) electrons. The van der Waals surface area contributed by atoms with Gasteiger partial charge in [0.25, 0.3) is 5.91 Å². The SMILES string of the molecule is CN(CCCCCO)C(=O)CNC(=O)c1cccc(Cl)c1. The van der Waals surface area contributed by atoms with Crippen LogP contribution in [0, 0.1) is 0 Å². The van der Waals surface area contributed by atoms with Crippen LogP contribution in [0.15, 0.2) is 24.3 Å². The summed E-state index contributed by atoms with van der Waals surface area (Å²) in [5, 5.41) is 11.7. The highest BCUT2D eigenvalue weighted by atomic mass is 35.5. The second kappa shape index (κ2) is 9.37. The molecule has 0 aromatic heterocycles. The summed E-state index contributed by atoms with van der Waals surface area (Å²) in [4.78, 5) is 25.3. The van der Waals surface area contributed by atoms with E-state index in [1.165, 1.54) is 0 Å². The Hall–Kier alpha value is -1.59. The number of rotatable bonds is 8. The molecule has 116 valence electrons. The lowest BCUT2D eigenvalue weighted by Gasteiger charge is -2.17. The van der Waals surface area contributed by atoms with Gasteiger partial charge in [0.05, 0.1) is 6.54 Å². The molecule has 5 nitrogen and oxygen atoms in total. The van der Waals surface area contributed by atoms with Crippen LogP contribution in [0.1, 0.15) is 29.6 Å². The van der Waals surface area contributed by atoms with E-state index in [1.807, 2.05) is 0 Å². The standard InChI is InChI=1S/C15H21ClN2O3/c1-18(8-3-2-4-9-19)14(20)11-17-15(21)12-6-5-7-13(16)10-12/h5-7,10,19H,2-4,8-9,11H2,1H3,(H,17,21). The van der Waals surface area contributed by atoms with Crippen molar-refractivity contribution in [2.75, 3.05) is 26.7 Å². The van der Waals surface area contributed by atoms with Crippen LogP contribution in [0.3, 0.4) is 0 Å². The second-order valence-electron chi connectivity index (χ2n) is 4.79. The number of aliphatic hydroxyl groups excluding tert-OH is 1. The smallest absolute Gasteiger partial charge is 0.251 e. The van der Waals surface area contributed by atoms with E-state index < -0.39 is 0 Å². The fourth-order valence-corrected chi connectivity index (χ4v) is 1.98. The first-order chi connectivity index (χ1) is 10.0. The minimum absolute atomic E-state index is 0.0398. The minimum atomic E-state index is -0.320. The molecule has 0 aliphatic heterocycles. The maximum atomic E-state index is 11.9. The highest BCUT2D eigenvalue weighted by Crippen LogP contribution is 2.10. The molecule has 0 aliphatic rings. The van der Waals surface area contributed by atoms with E-state index in [4.69, 9.17) is 16.7 Å². The molecule has 0 unspecified atom stereocenters. The molecule has 0 bridgehead atoms. The van der Waals surface area contributed by atoms with E-state index in [1.54, 1.807) is 36.2 Å². The third-order valence-electron chi connectivity index (χ3n) is 3.06. The molecule has 0 atom stereocenters. The number of hydrogen-bond acceptors (Lipinski definition) is 3. The van der Waals surface area contributed by atoms with Gasteiger partial charge in [0.2, 0.25) is 5.91 Å². The quantitative estimate of drug-likeness (QED) is 0.718. The van der Waals surface area contributed by atoms with Crippen LogP contribution in [0.2, 0.25) is 5.02 Å². The second-order valence-corrected chi connectivity index (χ2v) is 5.23. The molecule has 0 saturated carbocycles. The van der Waals surface area contributed by atoms with Crippen LogP contribution >= 0.6 is 11.6 Å². The Labute approximate surface area is 129 Å². The largest absolute Gasteiger partial charge is 0.396 e. The number of halogens is 1. The van der Waals surface area contributed by atoms with Crippen LogP contribution < -0.4 is 5.32 Å². The number of nitrogens with zero attached hydrogens (tertiary/aromatic N) is 1. The van der Waals surface area contributed by atoms with E-state index in [2.05, 4.69) is 5.32 Å². The molecule has 1 aromatic rings. The number of likely N-dealkylation sites (N-methyl/N-ethyl adjacent to an activating group) is 1. The van der Waals surface area contributed by atoms with Crippen molar-refractivity contribution in [2.24, 2.45) is 0 Å². The van der Waals surface area contributed by atoms with Crippen LogP contribution in [-0.4, -0.2) is 48.6 Å². The topological polar surface area (TPSA) is 69.6 Å². The van der Waals surface area contributed by atoms with Gasteiger partial charge >= 0.3 is 0 Å². The highest BCUT2D eigenvalue weighted by Gasteiger charge is 2.11. The molecule has 0 saturated heterocycles. The zero-order chi connectivity index (χ0) is 15.7. The summed E-state index contributed by atoms with van der Waals surface area (Å²) in [6.45, 7) is 0.751. The van der Waals surface area contributed by atoms with Gasteiger partial charge in [-0.3, -0.25) is 9.59 Å². The van der Waals surface area contributed by atoms with Gasteiger partial charge in [-0.25, -0.2) is 0 Å². The van der Waals surface area contributed by atoms with E-state index >= 15 is 0 Å². The van der Waals surface area contributed by atoms with Crippen LogP contribution in [0.4, 0.5) is 0 Å². The summed E-state index contributed by atoms with van der Waals surface area (Å²) in [6.07, 6.45) is 2.46. The monoisotopic (exact) mass is 312 g/mol. The van der Waals surface area contributed by atoms with Gasteiger partial charge in [-0.15, -0.1) is 0 Å². The molecule has 1 rings (SSSR count). The number of aliphatic hydroxyl groups is 1. The number of benzene rings is 1.